The third kappa shape index (κ3) is 7.55. The first-order valence-corrected chi connectivity index (χ1v) is 4.73. The Bertz CT molecular complexity index is 207. The van der Waals surface area contributed by atoms with E-state index in [2.05, 4.69) is 6.58 Å². The van der Waals surface area contributed by atoms with Crippen LogP contribution in [0.2, 0.25) is 0 Å². The van der Waals surface area contributed by atoms with Gasteiger partial charge in [-0.15, -0.1) is 0 Å². The van der Waals surface area contributed by atoms with Crippen LogP contribution < -0.4 is 0 Å². The van der Waals surface area contributed by atoms with E-state index in [1.54, 1.807) is 6.08 Å². The first-order chi connectivity index (χ1) is 6.70. The molecule has 14 heavy (non-hydrogen) atoms. The van der Waals surface area contributed by atoms with Gasteiger partial charge in [-0.1, -0.05) is 24.3 Å². The van der Waals surface area contributed by atoms with Crippen molar-refractivity contribution in [3.05, 3.63) is 24.3 Å². The van der Waals surface area contributed by atoms with Gasteiger partial charge in [-0.25, -0.2) is 0 Å². The highest BCUT2D eigenvalue weighted by Gasteiger charge is 2.01. The van der Waals surface area contributed by atoms with Crippen molar-refractivity contribution in [1.82, 2.24) is 0 Å². The van der Waals surface area contributed by atoms with Crippen molar-refractivity contribution in [3.8, 4) is 0 Å². The van der Waals surface area contributed by atoms with Gasteiger partial charge >= 0.3 is 5.97 Å². The maximum absolute atomic E-state index is 11.0. The Labute approximate surface area is 85.1 Å². The van der Waals surface area contributed by atoms with Gasteiger partial charge < -0.3 is 9.84 Å². The Morgan fingerprint density at radius 3 is 2.79 bits per heavy atom. The number of allylic oxidation sites excluding steroid dienone is 1. The summed E-state index contributed by atoms with van der Waals surface area (Å²) in [6.45, 7) is 5.82. The number of esters is 1. The Morgan fingerprint density at radius 2 is 2.21 bits per heavy atom. The fourth-order valence-corrected chi connectivity index (χ4v) is 0.936. The number of carbonyl (C=O) groups is 1. The van der Waals surface area contributed by atoms with Crippen LogP contribution in [0.4, 0.5) is 0 Å². The molecule has 0 fully saturated rings. The molecule has 0 amide bonds. The summed E-state index contributed by atoms with van der Waals surface area (Å²) in [7, 11) is 0. The standard InChI is InChI=1S/C11H18O3/c1-3-9-14-11(13)7-6-10(2)5-4-8-12/h3,5,12H,1,4,6-9H2,2H3. The summed E-state index contributed by atoms with van der Waals surface area (Å²) in [4.78, 5) is 11.0. The molecule has 0 spiro atoms. The van der Waals surface area contributed by atoms with Crippen LogP contribution in [0.3, 0.4) is 0 Å². The van der Waals surface area contributed by atoms with Crippen molar-refractivity contribution in [2.45, 2.75) is 26.2 Å². The highest BCUT2D eigenvalue weighted by atomic mass is 16.5. The van der Waals surface area contributed by atoms with Gasteiger partial charge in [-0.3, -0.25) is 4.79 Å². The molecule has 0 saturated heterocycles. The molecular formula is C11H18O3. The lowest BCUT2D eigenvalue weighted by molar-refractivity contribution is -0.142. The van der Waals surface area contributed by atoms with E-state index in [0.717, 1.165) is 5.57 Å². The van der Waals surface area contributed by atoms with E-state index in [1.165, 1.54) is 0 Å². The van der Waals surface area contributed by atoms with Gasteiger partial charge in [0.15, 0.2) is 0 Å². The molecular weight excluding hydrogens is 180 g/mol. The summed E-state index contributed by atoms with van der Waals surface area (Å²) in [5, 5.41) is 8.56. The fraction of sp³-hybridized carbons (Fsp3) is 0.545. The van der Waals surface area contributed by atoms with E-state index in [1.807, 2.05) is 13.0 Å². The summed E-state index contributed by atoms with van der Waals surface area (Å²) in [5.74, 6) is -0.207. The van der Waals surface area contributed by atoms with Crippen molar-refractivity contribution in [1.29, 1.82) is 0 Å². The smallest absolute Gasteiger partial charge is 0.306 e. The van der Waals surface area contributed by atoms with Crippen molar-refractivity contribution in [3.63, 3.8) is 0 Å². The maximum atomic E-state index is 11.0. The molecule has 3 heteroatoms. The highest BCUT2D eigenvalue weighted by Crippen LogP contribution is 2.05. The van der Waals surface area contributed by atoms with Crippen molar-refractivity contribution >= 4 is 5.97 Å². The molecule has 0 heterocycles. The van der Waals surface area contributed by atoms with Crippen LogP contribution in [-0.2, 0) is 9.53 Å². The Kier molecular flexibility index (Phi) is 7.84. The lowest BCUT2D eigenvalue weighted by atomic mass is 10.1. The molecule has 0 saturated carbocycles. The minimum atomic E-state index is -0.207. The summed E-state index contributed by atoms with van der Waals surface area (Å²) < 4.78 is 4.81. The molecule has 0 bridgehead atoms. The van der Waals surface area contributed by atoms with Gasteiger partial charge in [-0.2, -0.15) is 0 Å². The maximum Gasteiger partial charge on any atom is 0.306 e. The average Bonchev–Trinajstić information content (AvgIpc) is 2.20. The predicted molar refractivity (Wildman–Crippen MR) is 55.8 cm³/mol. The minimum Gasteiger partial charge on any atom is -0.461 e. The molecule has 3 nitrogen and oxygen atoms in total. The van der Waals surface area contributed by atoms with E-state index in [9.17, 15) is 4.79 Å². The molecule has 0 aliphatic carbocycles. The highest BCUT2D eigenvalue weighted by molar-refractivity contribution is 5.69. The molecule has 0 rings (SSSR count). The molecule has 0 unspecified atom stereocenters. The van der Waals surface area contributed by atoms with Gasteiger partial charge in [0.1, 0.15) is 6.61 Å². The quantitative estimate of drug-likeness (QED) is 0.501. The number of aliphatic hydroxyl groups is 1. The SMILES string of the molecule is C=CCOC(=O)CCC(C)=CCCO. The molecule has 0 aliphatic rings. The minimum absolute atomic E-state index is 0.151. The Balaban J connectivity index is 3.60. The number of ether oxygens (including phenoxy) is 1. The first kappa shape index (κ1) is 12.9. The number of carbonyl (C=O) groups excluding carboxylic acids is 1. The van der Waals surface area contributed by atoms with Crippen molar-refractivity contribution in [2.24, 2.45) is 0 Å². The van der Waals surface area contributed by atoms with E-state index in [0.29, 0.717) is 19.3 Å². The number of hydrogen-bond acceptors (Lipinski definition) is 3. The summed E-state index contributed by atoms with van der Waals surface area (Å²) in [6, 6.07) is 0. The largest absolute Gasteiger partial charge is 0.461 e. The van der Waals surface area contributed by atoms with Crippen LogP contribution in [-0.4, -0.2) is 24.3 Å². The normalized spacial score (nSPS) is 11.1. The van der Waals surface area contributed by atoms with E-state index < -0.39 is 0 Å². The lowest BCUT2D eigenvalue weighted by Gasteiger charge is -2.02. The molecule has 0 atom stereocenters. The van der Waals surface area contributed by atoms with Crippen LogP contribution in [0.15, 0.2) is 24.3 Å². The van der Waals surface area contributed by atoms with Gasteiger partial charge in [0.2, 0.25) is 0 Å². The zero-order chi connectivity index (χ0) is 10.8. The topological polar surface area (TPSA) is 46.5 Å². The molecule has 1 N–H and O–H groups in total. The van der Waals surface area contributed by atoms with E-state index in [-0.39, 0.29) is 19.2 Å². The second kappa shape index (κ2) is 8.51. The number of hydrogen-bond donors (Lipinski definition) is 1. The summed E-state index contributed by atoms with van der Waals surface area (Å²) in [6.07, 6.45) is 5.21. The van der Waals surface area contributed by atoms with Gasteiger partial charge in [-0.05, 0) is 19.8 Å². The Morgan fingerprint density at radius 1 is 1.50 bits per heavy atom. The molecule has 0 aromatic heterocycles. The van der Waals surface area contributed by atoms with E-state index >= 15 is 0 Å². The monoisotopic (exact) mass is 198 g/mol. The zero-order valence-corrected chi connectivity index (χ0v) is 8.66. The van der Waals surface area contributed by atoms with Crippen LogP contribution in [0.1, 0.15) is 26.2 Å². The zero-order valence-electron chi connectivity index (χ0n) is 8.66. The average molecular weight is 198 g/mol. The second-order valence-electron chi connectivity index (χ2n) is 3.03. The second-order valence-corrected chi connectivity index (χ2v) is 3.03. The molecule has 0 aromatic carbocycles. The van der Waals surface area contributed by atoms with Crippen LogP contribution in [0.25, 0.3) is 0 Å². The first-order valence-electron chi connectivity index (χ1n) is 4.73. The van der Waals surface area contributed by atoms with Crippen molar-refractivity contribution in [2.75, 3.05) is 13.2 Å². The van der Waals surface area contributed by atoms with Gasteiger partial charge in [0, 0.05) is 13.0 Å². The van der Waals surface area contributed by atoms with Crippen LogP contribution in [0, 0.1) is 0 Å². The fourth-order valence-electron chi connectivity index (χ4n) is 0.936. The van der Waals surface area contributed by atoms with Crippen molar-refractivity contribution < 1.29 is 14.6 Å². The van der Waals surface area contributed by atoms with Crippen LogP contribution in [0.5, 0.6) is 0 Å². The van der Waals surface area contributed by atoms with Crippen LogP contribution >= 0.6 is 0 Å². The summed E-state index contributed by atoms with van der Waals surface area (Å²) >= 11 is 0. The Hall–Kier alpha value is -1.09. The third-order valence-electron chi connectivity index (χ3n) is 1.71. The summed E-state index contributed by atoms with van der Waals surface area (Å²) in [5.41, 5.74) is 1.11. The van der Waals surface area contributed by atoms with E-state index in [4.69, 9.17) is 9.84 Å². The van der Waals surface area contributed by atoms with Gasteiger partial charge in [0.25, 0.3) is 0 Å². The number of rotatable bonds is 7. The molecule has 0 aliphatic heterocycles. The molecule has 80 valence electrons. The van der Waals surface area contributed by atoms with Gasteiger partial charge in [0.05, 0.1) is 0 Å². The molecule has 0 aromatic rings. The lowest BCUT2D eigenvalue weighted by Crippen LogP contribution is -2.04. The third-order valence-corrected chi connectivity index (χ3v) is 1.71. The number of aliphatic hydroxyl groups excluding tert-OH is 1. The molecule has 0 radical (unpaired) electrons. The predicted octanol–water partition coefficient (Wildman–Crippen LogP) is 1.82.